The predicted octanol–water partition coefficient (Wildman–Crippen LogP) is 3.37. The van der Waals surface area contributed by atoms with Gasteiger partial charge < -0.3 is 26.4 Å². The highest BCUT2D eigenvalue weighted by molar-refractivity contribution is 6.50. The van der Waals surface area contributed by atoms with Gasteiger partial charge in [-0.1, -0.05) is 41.9 Å². The second-order valence-electron chi connectivity index (χ2n) is 6.91. The van der Waals surface area contributed by atoms with Gasteiger partial charge in [-0.3, -0.25) is 4.90 Å². The van der Waals surface area contributed by atoms with Crippen molar-refractivity contribution in [1.82, 2.24) is 4.90 Å². The molecule has 0 aliphatic carbocycles. The van der Waals surface area contributed by atoms with Gasteiger partial charge in [0.2, 0.25) is 5.36 Å². The first-order valence-electron chi connectivity index (χ1n) is 9.83. The summed E-state index contributed by atoms with van der Waals surface area (Å²) in [6.07, 6.45) is 0. The van der Waals surface area contributed by atoms with Gasteiger partial charge in [0, 0.05) is 23.7 Å². The second kappa shape index (κ2) is 10.8. The number of nitrogens with one attached hydrogen (secondary N) is 1. The summed E-state index contributed by atoms with van der Waals surface area (Å²) in [5.74, 6) is 0.842. The minimum atomic E-state index is -6.00. The normalized spacial score (nSPS) is 15.6. The van der Waals surface area contributed by atoms with Gasteiger partial charge in [-0.25, -0.2) is 4.99 Å². The predicted molar refractivity (Wildman–Crippen MR) is 113 cm³/mol. The van der Waals surface area contributed by atoms with Crippen molar-refractivity contribution in [1.29, 1.82) is 0 Å². The fourth-order valence-corrected chi connectivity index (χ4v) is 3.39. The Bertz CT molecular complexity index is 1050. The van der Waals surface area contributed by atoms with Crippen molar-refractivity contribution in [3.05, 3.63) is 65.0 Å². The second-order valence-corrected chi connectivity index (χ2v) is 7.34. The highest BCUT2D eigenvalue weighted by Crippen LogP contribution is 2.23. The number of nitrogens with zero attached hydrogens (tertiary/aromatic N) is 1. The Kier molecular flexibility index (Phi) is 8.12. The molecular formula is C21H22BClF4N2O2. The maximum atomic E-state index is 9.75. The molecule has 0 spiro atoms. The number of halogens is 5. The van der Waals surface area contributed by atoms with Gasteiger partial charge in [0.15, 0.2) is 6.54 Å². The van der Waals surface area contributed by atoms with Gasteiger partial charge in [-0.15, -0.1) is 0 Å². The van der Waals surface area contributed by atoms with Crippen LogP contribution in [0.5, 0.6) is 0 Å². The minimum Gasteiger partial charge on any atom is -0.456 e. The van der Waals surface area contributed by atoms with E-state index in [1.54, 1.807) is 0 Å². The molecule has 0 atom stereocenters. The molecule has 3 aromatic rings. The monoisotopic (exact) mass is 456 g/mol. The Morgan fingerprint density at radius 2 is 1.65 bits per heavy atom. The average Bonchev–Trinajstić information content (AvgIpc) is 2.74. The van der Waals surface area contributed by atoms with Gasteiger partial charge in [0.05, 0.1) is 31.2 Å². The standard InChI is InChI=1S/C21H21ClN2O2.BF4/c22-17-6-7-20-18(14-17)19(23-8-9-24-10-12-25-13-11-24)15-21(26-20)16-4-2-1-3-5-16;2-1(3,4)5/h1-7,14-15H,8-13H2;/q;-1/p+1. The number of benzene rings is 2. The molecule has 31 heavy (non-hydrogen) atoms. The summed E-state index contributed by atoms with van der Waals surface area (Å²) in [6.45, 7) is 5.47. The third-order valence-electron chi connectivity index (χ3n) is 4.63. The average molecular weight is 457 g/mol. The van der Waals surface area contributed by atoms with Crippen LogP contribution in [0.15, 0.2) is 59.0 Å². The molecule has 2 heterocycles. The molecule has 0 radical (unpaired) electrons. The molecule has 2 aromatic carbocycles. The van der Waals surface area contributed by atoms with E-state index in [1.807, 2.05) is 36.4 Å². The quantitative estimate of drug-likeness (QED) is 0.483. The van der Waals surface area contributed by atoms with Crippen LogP contribution in [0, 0.1) is 0 Å². The van der Waals surface area contributed by atoms with E-state index in [-0.39, 0.29) is 0 Å². The Hall–Kier alpha value is -2.36. The lowest BCUT2D eigenvalue weighted by molar-refractivity contribution is -0.499. The van der Waals surface area contributed by atoms with Gasteiger partial charge in [0.1, 0.15) is 11.3 Å². The van der Waals surface area contributed by atoms with Crippen LogP contribution in [0.25, 0.3) is 22.3 Å². The van der Waals surface area contributed by atoms with Crippen LogP contribution in [-0.4, -0.2) is 51.5 Å². The van der Waals surface area contributed by atoms with Gasteiger partial charge in [0.25, 0.3) is 0 Å². The minimum absolute atomic E-state index is 0.705. The van der Waals surface area contributed by atoms with E-state index in [2.05, 4.69) is 28.1 Å². The summed E-state index contributed by atoms with van der Waals surface area (Å²) >= 11 is 6.21. The van der Waals surface area contributed by atoms with Crippen LogP contribution in [0.4, 0.5) is 17.3 Å². The molecule has 1 saturated heterocycles. The third kappa shape index (κ3) is 7.68. The molecule has 1 fully saturated rings. The first-order valence-corrected chi connectivity index (χ1v) is 10.2. The molecule has 1 N–H and O–H groups in total. The highest BCUT2D eigenvalue weighted by atomic mass is 35.5. The van der Waals surface area contributed by atoms with Crippen molar-refractivity contribution in [2.24, 2.45) is 0 Å². The molecule has 1 aliphatic rings. The van der Waals surface area contributed by atoms with Crippen molar-refractivity contribution in [2.45, 2.75) is 0 Å². The largest absolute Gasteiger partial charge is 0.673 e. The van der Waals surface area contributed by atoms with Crippen molar-refractivity contribution < 1.29 is 31.4 Å². The van der Waals surface area contributed by atoms with Crippen LogP contribution < -0.4 is 10.3 Å². The molecule has 1 aromatic heterocycles. The summed E-state index contributed by atoms with van der Waals surface area (Å²) in [4.78, 5) is 5.98. The van der Waals surface area contributed by atoms with Gasteiger partial charge >= 0.3 is 7.25 Å². The molecule has 10 heteroatoms. The number of rotatable bonds is 4. The number of ether oxygens (including phenoxy) is 1. The molecule has 4 rings (SSSR count). The summed E-state index contributed by atoms with van der Waals surface area (Å²) in [5.41, 5.74) is 1.88. The molecular weight excluding hydrogens is 435 g/mol. The fraction of sp³-hybridized carbons (Fsp3) is 0.286. The third-order valence-corrected chi connectivity index (χ3v) is 4.87. The zero-order valence-electron chi connectivity index (χ0n) is 16.7. The Morgan fingerprint density at radius 3 is 2.32 bits per heavy atom. The molecule has 166 valence electrons. The number of fused-ring (bicyclic) bond motifs is 1. The highest BCUT2D eigenvalue weighted by Gasteiger charge is 2.20. The Morgan fingerprint density at radius 1 is 0.968 bits per heavy atom. The van der Waals surface area contributed by atoms with Crippen LogP contribution in [0.1, 0.15) is 0 Å². The van der Waals surface area contributed by atoms with E-state index >= 15 is 0 Å². The SMILES string of the molecule is Clc1ccc2oc(-c3ccccc3)cc(=[NH+]CCN3CCOCC3)c2c1.F[B-](F)(F)F. The molecule has 0 bridgehead atoms. The lowest BCUT2D eigenvalue weighted by Gasteiger charge is -2.24. The molecule has 1 aliphatic heterocycles. The van der Waals surface area contributed by atoms with Crippen molar-refractivity contribution in [3.8, 4) is 11.3 Å². The number of morpholine rings is 1. The summed E-state index contributed by atoms with van der Waals surface area (Å²) in [7, 11) is -6.00. The zero-order chi connectivity index (χ0) is 22.3. The maximum Gasteiger partial charge on any atom is 0.673 e. The van der Waals surface area contributed by atoms with E-state index in [9.17, 15) is 17.3 Å². The van der Waals surface area contributed by atoms with E-state index in [1.165, 1.54) is 0 Å². The van der Waals surface area contributed by atoms with Gasteiger partial charge in [-0.05, 0) is 18.2 Å². The molecule has 4 nitrogen and oxygen atoms in total. The van der Waals surface area contributed by atoms with E-state index in [4.69, 9.17) is 20.8 Å². The molecule has 0 amide bonds. The Balaban J connectivity index is 0.000000491. The van der Waals surface area contributed by atoms with E-state index < -0.39 is 7.25 Å². The molecule has 0 saturated carbocycles. The van der Waals surface area contributed by atoms with Crippen LogP contribution >= 0.6 is 11.6 Å². The topological polar surface area (TPSA) is 39.6 Å². The van der Waals surface area contributed by atoms with Crippen LogP contribution in [0.3, 0.4) is 0 Å². The lowest BCUT2D eigenvalue weighted by Crippen LogP contribution is -2.78. The molecule has 0 unspecified atom stereocenters. The Labute approximate surface area is 182 Å². The van der Waals surface area contributed by atoms with Crippen LogP contribution in [-0.2, 0) is 4.74 Å². The fourth-order valence-electron chi connectivity index (χ4n) is 3.22. The summed E-state index contributed by atoms with van der Waals surface area (Å²) in [6, 6.07) is 17.9. The zero-order valence-corrected chi connectivity index (χ0v) is 17.4. The van der Waals surface area contributed by atoms with Crippen LogP contribution in [0.2, 0.25) is 5.02 Å². The first-order chi connectivity index (χ1) is 14.8. The smallest absolute Gasteiger partial charge is 0.456 e. The number of hydrogen-bond acceptors (Lipinski definition) is 3. The summed E-state index contributed by atoms with van der Waals surface area (Å²) < 4.78 is 50.5. The van der Waals surface area contributed by atoms with Crippen molar-refractivity contribution in [2.75, 3.05) is 39.4 Å². The van der Waals surface area contributed by atoms with Gasteiger partial charge in [-0.2, -0.15) is 0 Å². The van der Waals surface area contributed by atoms with Crippen molar-refractivity contribution >= 4 is 29.8 Å². The number of hydrogen-bond donors (Lipinski definition) is 1. The lowest BCUT2D eigenvalue weighted by atomic mass is 10.1. The maximum absolute atomic E-state index is 9.75. The first kappa shape index (κ1) is 23.3. The van der Waals surface area contributed by atoms with E-state index in [0.29, 0.717) is 5.02 Å². The summed E-state index contributed by atoms with van der Waals surface area (Å²) in [5, 5.41) is 2.75. The van der Waals surface area contributed by atoms with Crippen molar-refractivity contribution in [3.63, 3.8) is 0 Å². The van der Waals surface area contributed by atoms with E-state index in [0.717, 1.165) is 67.0 Å².